The second kappa shape index (κ2) is 6.26. The molecule has 0 radical (unpaired) electrons. The first kappa shape index (κ1) is 14.8. The van der Waals surface area contributed by atoms with E-state index < -0.39 is 11.9 Å². The summed E-state index contributed by atoms with van der Waals surface area (Å²) in [5.74, 6) is -1.25. The van der Waals surface area contributed by atoms with Gasteiger partial charge in [-0.1, -0.05) is 28.1 Å². The lowest BCUT2D eigenvalue weighted by atomic mass is 10.1. The number of carboxylic acid groups (broad SMARTS) is 1. The van der Waals surface area contributed by atoms with Gasteiger partial charge in [-0.3, -0.25) is 4.79 Å². The fourth-order valence-electron chi connectivity index (χ4n) is 2.31. The van der Waals surface area contributed by atoms with E-state index in [1.54, 1.807) is 16.8 Å². The molecule has 1 fully saturated rings. The topological polar surface area (TPSA) is 60.9 Å². The largest absolute Gasteiger partial charge is 0.481 e. The number of hydrogen-bond donors (Lipinski definition) is 1. The molecular formula is C14H17BrN2O3. The molecule has 1 aromatic rings. The van der Waals surface area contributed by atoms with Crippen LogP contribution in [0.2, 0.25) is 0 Å². The molecule has 6 heteroatoms. The van der Waals surface area contributed by atoms with Gasteiger partial charge in [0.15, 0.2) is 0 Å². The van der Waals surface area contributed by atoms with Crippen LogP contribution in [0.4, 0.5) is 4.79 Å². The molecule has 5 nitrogen and oxygen atoms in total. The summed E-state index contributed by atoms with van der Waals surface area (Å²) in [4.78, 5) is 26.4. The summed E-state index contributed by atoms with van der Waals surface area (Å²) in [6.45, 7) is 1.33. The summed E-state index contributed by atoms with van der Waals surface area (Å²) in [5, 5.41) is 8.96. The molecule has 0 aromatic heterocycles. The van der Waals surface area contributed by atoms with E-state index in [2.05, 4.69) is 15.9 Å². The molecule has 2 rings (SSSR count). The Bertz CT molecular complexity index is 504. The smallest absolute Gasteiger partial charge is 0.320 e. The van der Waals surface area contributed by atoms with E-state index in [1.165, 1.54) is 0 Å². The maximum absolute atomic E-state index is 12.2. The Morgan fingerprint density at radius 1 is 1.40 bits per heavy atom. The minimum Gasteiger partial charge on any atom is -0.481 e. The average molecular weight is 341 g/mol. The average Bonchev–Trinajstić information content (AvgIpc) is 2.90. The third-order valence-corrected chi connectivity index (χ3v) is 4.00. The fraction of sp³-hybridized carbons (Fsp3) is 0.429. The van der Waals surface area contributed by atoms with Crippen molar-refractivity contribution in [2.24, 2.45) is 5.92 Å². The Morgan fingerprint density at radius 2 is 2.05 bits per heavy atom. The van der Waals surface area contributed by atoms with E-state index in [1.807, 2.05) is 24.3 Å². The molecule has 0 saturated carbocycles. The number of carbonyl (C=O) groups is 2. The third kappa shape index (κ3) is 3.50. The van der Waals surface area contributed by atoms with E-state index in [-0.39, 0.29) is 6.03 Å². The number of aliphatic carboxylic acids is 1. The maximum atomic E-state index is 12.2. The Hall–Kier alpha value is -1.56. The SMILES string of the molecule is CN(Cc1ccc(Br)cc1)C(=O)N1CCC(C(=O)O)C1. The van der Waals surface area contributed by atoms with E-state index >= 15 is 0 Å². The molecule has 1 aromatic carbocycles. The minimum absolute atomic E-state index is 0.114. The molecule has 1 aliphatic rings. The highest BCUT2D eigenvalue weighted by Crippen LogP contribution is 2.18. The third-order valence-electron chi connectivity index (χ3n) is 3.47. The summed E-state index contributed by atoms with van der Waals surface area (Å²) in [6.07, 6.45) is 0.535. The number of rotatable bonds is 3. The maximum Gasteiger partial charge on any atom is 0.320 e. The second-order valence-corrected chi connectivity index (χ2v) is 5.95. The van der Waals surface area contributed by atoms with Gasteiger partial charge in [0.2, 0.25) is 0 Å². The number of amides is 2. The molecule has 1 atom stereocenters. The lowest BCUT2D eigenvalue weighted by Crippen LogP contribution is -2.39. The molecule has 0 spiro atoms. The summed E-state index contributed by atoms with van der Waals surface area (Å²) >= 11 is 3.37. The van der Waals surface area contributed by atoms with Crippen molar-refractivity contribution in [3.63, 3.8) is 0 Å². The van der Waals surface area contributed by atoms with Crippen molar-refractivity contribution in [1.82, 2.24) is 9.80 Å². The molecule has 0 bridgehead atoms. The van der Waals surface area contributed by atoms with Gasteiger partial charge in [-0.05, 0) is 24.1 Å². The van der Waals surface area contributed by atoms with Crippen LogP contribution in [0.15, 0.2) is 28.7 Å². The van der Waals surface area contributed by atoms with Crippen LogP contribution in [0.3, 0.4) is 0 Å². The van der Waals surface area contributed by atoms with Crippen LogP contribution >= 0.6 is 15.9 Å². The van der Waals surface area contributed by atoms with Crippen molar-refractivity contribution in [2.45, 2.75) is 13.0 Å². The van der Waals surface area contributed by atoms with Crippen molar-refractivity contribution in [1.29, 1.82) is 0 Å². The van der Waals surface area contributed by atoms with Crippen molar-refractivity contribution in [3.8, 4) is 0 Å². The number of carbonyl (C=O) groups excluding carboxylic acids is 1. The van der Waals surface area contributed by atoms with Gasteiger partial charge in [-0.15, -0.1) is 0 Å². The summed E-state index contributed by atoms with van der Waals surface area (Å²) < 4.78 is 0.999. The van der Waals surface area contributed by atoms with E-state index in [0.717, 1.165) is 10.0 Å². The second-order valence-electron chi connectivity index (χ2n) is 5.03. The normalized spacial score (nSPS) is 18.1. The van der Waals surface area contributed by atoms with E-state index in [0.29, 0.717) is 26.1 Å². The molecular weight excluding hydrogens is 324 g/mol. The zero-order valence-electron chi connectivity index (χ0n) is 11.3. The first-order chi connectivity index (χ1) is 9.47. The van der Waals surface area contributed by atoms with Crippen LogP contribution in [-0.4, -0.2) is 47.0 Å². The van der Waals surface area contributed by atoms with Crippen LogP contribution in [0.1, 0.15) is 12.0 Å². The van der Waals surface area contributed by atoms with E-state index in [9.17, 15) is 9.59 Å². The first-order valence-corrected chi connectivity index (χ1v) is 7.24. The number of hydrogen-bond acceptors (Lipinski definition) is 2. The zero-order chi connectivity index (χ0) is 14.7. The van der Waals surface area contributed by atoms with Crippen LogP contribution in [0.25, 0.3) is 0 Å². The quantitative estimate of drug-likeness (QED) is 0.918. The molecule has 1 aliphatic heterocycles. The summed E-state index contributed by atoms with van der Waals surface area (Å²) in [5.41, 5.74) is 1.04. The van der Waals surface area contributed by atoms with Crippen LogP contribution in [0.5, 0.6) is 0 Å². The minimum atomic E-state index is -0.823. The number of carboxylic acids is 1. The Balaban J connectivity index is 1.92. The Kier molecular flexibility index (Phi) is 4.65. The molecule has 1 heterocycles. The predicted octanol–water partition coefficient (Wildman–Crippen LogP) is 2.41. The molecule has 2 amide bonds. The summed E-state index contributed by atoms with van der Waals surface area (Å²) in [6, 6.07) is 7.67. The van der Waals surface area contributed by atoms with Crippen molar-refractivity contribution >= 4 is 27.9 Å². The first-order valence-electron chi connectivity index (χ1n) is 6.44. The number of halogens is 1. The van der Waals surface area contributed by atoms with Gasteiger partial charge >= 0.3 is 12.0 Å². The summed E-state index contributed by atoms with van der Waals surface area (Å²) in [7, 11) is 1.73. The van der Waals surface area contributed by atoms with Crippen molar-refractivity contribution < 1.29 is 14.7 Å². The van der Waals surface area contributed by atoms with E-state index in [4.69, 9.17) is 5.11 Å². The highest BCUT2D eigenvalue weighted by atomic mass is 79.9. The van der Waals surface area contributed by atoms with Gasteiger partial charge in [0, 0.05) is 31.2 Å². The Morgan fingerprint density at radius 3 is 2.60 bits per heavy atom. The van der Waals surface area contributed by atoms with Gasteiger partial charge in [-0.2, -0.15) is 0 Å². The predicted molar refractivity (Wildman–Crippen MR) is 78.3 cm³/mol. The van der Waals surface area contributed by atoms with Crippen LogP contribution < -0.4 is 0 Å². The Labute approximate surface area is 126 Å². The fourth-order valence-corrected chi connectivity index (χ4v) is 2.57. The molecule has 1 N–H and O–H groups in total. The van der Waals surface area contributed by atoms with Gasteiger partial charge in [-0.25, -0.2) is 4.79 Å². The standard InChI is InChI=1S/C14H17BrN2O3/c1-16(8-10-2-4-12(15)5-3-10)14(20)17-7-6-11(9-17)13(18)19/h2-5,11H,6-9H2,1H3,(H,18,19). The van der Waals surface area contributed by atoms with Gasteiger partial charge in [0.05, 0.1) is 5.92 Å². The lowest BCUT2D eigenvalue weighted by Gasteiger charge is -2.24. The highest BCUT2D eigenvalue weighted by molar-refractivity contribution is 9.10. The van der Waals surface area contributed by atoms with Crippen molar-refractivity contribution in [3.05, 3.63) is 34.3 Å². The number of nitrogens with zero attached hydrogens (tertiary/aromatic N) is 2. The van der Waals surface area contributed by atoms with Crippen molar-refractivity contribution in [2.75, 3.05) is 20.1 Å². The number of urea groups is 1. The van der Waals surface area contributed by atoms with Crippen LogP contribution in [-0.2, 0) is 11.3 Å². The molecule has 1 saturated heterocycles. The highest BCUT2D eigenvalue weighted by Gasteiger charge is 2.32. The van der Waals surface area contributed by atoms with Gasteiger partial charge in [0.25, 0.3) is 0 Å². The number of benzene rings is 1. The van der Waals surface area contributed by atoms with Crippen LogP contribution in [0, 0.1) is 5.92 Å². The number of likely N-dealkylation sites (tertiary alicyclic amines) is 1. The molecule has 1 unspecified atom stereocenters. The molecule has 0 aliphatic carbocycles. The van der Waals surface area contributed by atoms with Gasteiger partial charge < -0.3 is 14.9 Å². The van der Waals surface area contributed by atoms with Gasteiger partial charge in [0.1, 0.15) is 0 Å². The monoisotopic (exact) mass is 340 g/mol. The molecule has 108 valence electrons. The lowest BCUT2D eigenvalue weighted by molar-refractivity contribution is -0.141. The zero-order valence-corrected chi connectivity index (χ0v) is 12.8. The molecule has 20 heavy (non-hydrogen) atoms.